The molecule has 136 valence electrons. The normalized spacial score (nSPS) is 20.0. The van der Waals surface area contributed by atoms with Crippen LogP contribution in [0.2, 0.25) is 0 Å². The number of fused-ring (bicyclic) bond motifs is 1. The lowest BCUT2D eigenvalue weighted by molar-refractivity contribution is 0.106. The molecule has 1 saturated heterocycles. The van der Waals surface area contributed by atoms with E-state index in [-0.39, 0.29) is 17.7 Å². The van der Waals surface area contributed by atoms with Crippen LogP contribution in [-0.4, -0.2) is 34.2 Å². The van der Waals surface area contributed by atoms with Crippen molar-refractivity contribution in [3.8, 4) is 5.75 Å². The van der Waals surface area contributed by atoms with Crippen molar-refractivity contribution in [3.05, 3.63) is 58.1 Å². The Balaban J connectivity index is 1.73. The Morgan fingerprint density at radius 1 is 1.31 bits per heavy atom. The van der Waals surface area contributed by atoms with Gasteiger partial charge in [-0.25, -0.2) is 0 Å². The highest BCUT2D eigenvalue weighted by Crippen LogP contribution is 2.28. The molecule has 0 spiro atoms. The quantitative estimate of drug-likeness (QED) is 0.724. The highest BCUT2D eigenvalue weighted by Gasteiger charge is 2.28. The minimum atomic E-state index is -0.00589. The van der Waals surface area contributed by atoms with Crippen molar-refractivity contribution in [2.75, 3.05) is 13.7 Å². The van der Waals surface area contributed by atoms with Crippen molar-refractivity contribution < 1.29 is 9.47 Å². The Hall–Kier alpha value is -2.60. The van der Waals surface area contributed by atoms with E-state index in [9.17, 15) is 4.79 Å². The fraction of sp³-hybridized carbons (Fsp3) is 0.400. The molecule has 2 atom stereocenters. The number of nitrogens with zero attached hydrogens (tertiary/aromatic N) is 3. The van der Waals surface area contributed by atoms with E-state index in [0.717, 1.165) is 35.6 Å². The molecule has 6 nitrogen and oxygen atoms in total. The highest BCUT2D eigenvalue weighted by atomic mass is 16.5. The molecule has 4 rings (SSSR count). The number of benzene rings is 1. The van der Waals surface area contributed by atoms with Crippen LogP contribution >= 0.6 is 0 Å². The summed E-state index contributed by atoms with van der Waals surface area (Å²) in [5.74, 6) is 0.808. The van der Waals surface area contributed by atoms with E-state index in [1.54, 1.807) is 17.9 Å². The average molecular weight is 353 g/mol. The summed E-state index contributed by atoms with van der Waals surface area (Å²) < 4.78 is 14.6. The van der Waals surface area contributed by atoms with Gasteiger partial charge in [0, 0.05) is 12.3 Å². The first-order valence-corrected chi connectivity index (χ1v) is 8.90. The summed E-state index contributed by atoms with van der Waals surface area (Å²) in [5.41, 5.74) is 2.86. The predicted molar refractivity (Wildman–Crippen MR) is 99.9 cm³/mol. The van der Waals surface area contributed by atoms with E-state index in [4.69, 9.17) is 9.47 Å². The first kappa shape index (κ1) is 16.8. The topological polar surface area (TPSA) is 58.3 Å². The molecule has 0 bridgehead atoms. The predicted octanol–water partition coefficient (Wildman–Crippen LogP) is 2.91. The van der Waals surface area contributed by atoms with Crippen molar-refractivity contribution in [3.63, 3.8) is 0 Å². The number of methoxy groups -OCH3 is 1. The molecule has 2 aromatic heterocycles. The zero-order valence-electron chi connectivity index (χ0n) is 15.3. The van der Waals surface area contributed by atoms with E-state index in [0.29, 0.717) is 11.9 Å². The standard InChI is InChI=1S/C20H23N3O3/c1-13-10-19-17(11-21-23(19)18-8-9-26-14(18)2)20(24)22(13)12-15-4-6-16(25-3)7-5-15/h4-7,10-11,14,18H,8-9,12H2,1-3H3/t14-,18+/m0/s1. The van der Waals surface area contributed by atoms with Crippen molar-refractivity contribution >= 4 is 10.9 Å². The molecule has 3 heterocycles. The van der Waals surface area contributed by atoms with E-state index in [1.807, 2.05) is 35.9 Å². The maximum absolute atomic E-state index is 13.0. The molecule has 26 heavy (non-hydrogen) atoms. The van der Waals surface area contributed by atoms with Crippen LogP contribution < -0.4 is 10.3 Å². The van der Waals surface area contributed by atoms with Crippen molar-refractivity contribution in [1.29, 1.82) is 0 Å². The smallest absolute Gasteiger partial charge is 0.262 e. The van der Waals surface area contributed by atoms with Crippen molar-refractivity contribution in [1.82, 2.24) is 14.3 Å². The maximum atomic E-state index is 13.0. The zero-order valence-corrected chi connectivity index (χ0v) is 15.3. The van der Waals surface area contributed by atoms with Gasteiger partial charge < -0.3 is 14.0 Å². The third kappa shape index (κ3) is 2.80. The molecule has 0 amide bonds. The van der Waals surface area contributed by atoms with Crippen LogP contribution in [0.25, 0.3) is 10.9 Å². The highest BCUT2D eigenvalue weighted by molar-refractivity contribution is 5.78. The molecule has 0 N–H and O–H groups in total. The Bertz CT molecular complexity index is 988. The minimum Gasteiger partial charge on any atom is -0.497 e. The first-order chi connectivity index (χ1) is 12.6. The summed E-state index contributed by atoms with van der Waals surface area (Å²) in [7, 11) is 1.64. The fourth-order valence-corrected chi connectivity index (χ4v) is 3.68. The number of aryl methyl sites for hydroxylation is 1. The van der Waals surface area contributed by atoms with Gasteiger partial charge in [-0.15, -0.1) is 0 Å². The molecule has 0 unspecified atom stereocenters. The summed E-state index contributed by atoms with van der Waals surface area (Å²) in [4.78, 5) is 13.0. The Labute approximate surface area is 152 Å². The Kier molecular flexibility index (Phi) is 4.28. The van der Waals surface area contributed by atoms with Crippen molar-refractivity contribution in [2.24, 2.45) is 0 Å². The van der Waals surface area contributed by atoms with Gasteiger partial charge in [0.15, 0.2) is 0 Å². The number of hydrogen-bond acceptors (Lipinski definition) is 4. The number of pyridine rings is 1. The number of ether oxygens (including phenoxy) is 2. The summed E-state index contributed by atoms with van der Waals surface area (Å²) in [6, 6.07) is 10.0. The molecular formula is C20H23N3O3. The Morgan fingerprint density at radius 2 is 2.08 bits per heavy atom. The van der Waals surface area contributed by atoms with Gasteiger partial charge in [-0.05, 0) is 44.0 Å². The summed E-state index contributed by atoms with van der Waals surface area (Å²) in [5, 5.41) is 5.16. The average Bonchev–Trinajstić information content (AvgIpc) is 3.25. The molecule has 1 aromatic carbocycles. The lowest BCUT2D eigenvalue weighted by Crippen LogP contribution is -2.24. The molecule has 1 aliphatic rings. The van der Waals surface area contributed by atoms with Gasteiger partial charge in [-0.2, -0.15) is 5.10 Å². The third-order valence-electron chi connectivity index (χ3n) is 5.23. The molecule has 6 heteroatoms. The van der Waals surface area contributed by atoms with Crippen LogP contribution in [0.3, 0.4) is 0 Å². The fourth-order valence-electron chi connectivity index (χ4n) is 3.68. The lowest BCUT2D eigenvalue weighted by Gasteiger charge is -2.17. The van der Waals surface area contributed by atoms with Gasteiger partial charge in [0.1, 0.15) is 5.75 Å². The molecule has 0 aliphatic carbocycles. The van der Waals surface area contributed by atoms with E-state index in [1.165, 1.54) is 0 Å². The van der Waals surface area contributed by atoms with Gasteiger partial charge in [-0.1, -0.05) is 12.1 Å². The van der Waals surface area contributed by atoms with Gasteiger partial charge in [0.05, 0.1) is 42.9 Å². The van der Waals surface area contributed by atoms with Crippen LogP contribution in [0.1, 0.15) is 30.6 Å². The first-order valence-electron chi connectivity index (χ1n) is 8.90. The van der Waals surface area contributed by atoms with Gasteiger partial charge >= 0.3 is 0 Å². The number of hydrogen-bond donors (Lipinski definition) is 0. The van der Waals surface area contributed by atoms with Gasteiger partial charge in [0.25, 0.3) is 5.56 Å². The SMILES string of the molecule is COc1ccc(Cn2c(C)cc3c(cnn3[C@@H]3CCO[C@H]3C)c2=O)cc1. The van der Waals surface area contributed by atoms with Crippen LogP contribution in [0.15, 0.2) is 41.3 Å². The van der Waals surface area contributed by atoms with E-state index < -0.39 is 0 Å². The van der Waals surface area contributed by atoms with Crippen LogP contribution in [-0.2, 0) is 11.3 Å². The van der Waals surface area contributed by atoms with Crippen LogP contribution in [0.5, 0.6) is 5.75 Å². The second kappa shape index (κ2) is 6.61. The monoisotopic (exact) mass is 353 g/mol. The Morgan fingerprint density at radius 3 is 2.73 bits per heavy atom. The molecule has 1 aliphatic heterocycles. The van der Waals surface area contributed by atoms with E-state index in [2.05, 4.69) is 18.1 Å². The summed E-state index contributed by atoms with van der Waals surface area (Å²) in [6.07, 6.45) is 2.72. The maximum Gasteiger partial charge on any atom is 0.262 e. The molecule has 3 aromatic rings. The molecule has 1 fully saturated rings. The van der Waals surface area contributed by atoms with Gasteiger partial charge in [-0.3, -0.25) is 9.48 Å². The minimum absolute atomic E-state index is 0.00589. The van der Waals surface area contributed by atoms with Gasteiger partial charge in [0.2, 0.25) is 0 Å². The molecule has 0 saturated carbocycles. The van der Waals surface area contributed by atoms with Crippen molar-refractivity contribution in [2.45, 2.75) is 39.0 Å². The van der Waals surface area contributed by atoms with E-state index >= 15 is 0 Å². The summed E-state index contributed by atoms with van der Waals surface area (Å²) in [6.45, 7) is 5.29. The van der Waals surface area contributed by atoms with Crippen LogP contribution in [0.4, 0.5) is 0 Å². The lowest BCUT2D eigenvalue weighted by atomic mass is 10.1. The largest absolute Gasteiger partial charge is 0.497 e. The second-order valence-electron chi connectivity index (χ2n) is 6.85. The molecule has 0 radical (unpaired) electrons. The molecular weight excluding hydrogens is 330 g/mol. The number of aromatic nitrogens is 3. The second-order valence-corrected chi connectivity index (χ2v) is 6.85. The third-order valence-corrected chi connectivity index (χ3v) is 5.23. The number of rotatable bonds is 4. The van der Waals surface area contributed by atoms with Crippen LogP contribution in [0, 0.1) is 6.92 Å². The summed E-state index contributed by atoms with van der Waals surface area (Å²) >= 11 is 0. The zero-order chi connectivity index (χ0) is 18.3.